The fourth-order valence-electron chi connectivity index (χ4n) is 2.87. The first kappa shape index (κ1) is 22.7. The Hall–Kier alpha value is -3.00. The Bertz CT molecular complexity index is 1010. The Morgan fingerprint density at radius 2 is 1.52 bits per heavy atom. The summed E-state index contributed by atoms with van der Waals surface area (Å²) in [6, 6.07) is 13.7. The monoisotopic (exact) mass is 450 g/mol. The second kappa shape index (κ2) is 9.43. The van der Waals surface area contributed by atoms with Gasteiger partial charge in [-0.1, -0.05) is 18.5 Å². The van der Waals surface area contributed by atoms with Crippen molar-refractivity contribution in [1.29, 1.82) is 0 Å². The molecule has 31 heavy (non-hydrogen) atoms. The van der Waals surface area contributed by atoms with E-state index in [0.717, 1.165) is 12.6 Å². The summed E-state index contributed by atoms with van der Waals surface area (Å²) in [5.74, 6) is 0.529. The third-order valence-electron chi connectivity index (χ3n) is 4.59. The smallest absolute Gasteiger partial charge is 0.421 e. The highest BCUT2D eigenvalue weighted by molar-refractivity contribution is 6.30. The standard InChI is InChI=1S/C22H22ClF3N4O/c1-4-13-31-18-11-9-16(10-12-18)29(2)20-19(22(24,25)26)14-27-21(28-20)30(3)17-7-5-15(23)6-8-17/h5-12,14H,4,13H2,1-3H3. The molecule has 0 fully saturated rings. The van der Waals surface area contributed by atoms with Crippen molar-refractivity contribution >= 4 is 34.7 Å². The summed E-state index contributed by atoms with van der Waals surface area (Å²) in [5, 5.41) is 0.553. The first-order valence-corrected chi connectivity index (χ1v) is 9.98. The number of hydrogen-bond donors (Lipinski definition) is 0. The van der Waals surface area contributed by atoms with Gasteiger partial charge in [-0.05, 0) is 55.0 Å². The minimum Gasteiger partial charge on any atom is -0.494 e. The van der Waals surface area contributed by atoms with Crippen molar-refractivity contribution in [1.82, 2.24) is 9.97 Å². The molecular formula is C22H22ClF3N4O. The maximum Gasteiger partial charge on any atom is 0.421 e. The van der Waals surface area contributed by atoms with Gasteiger partial charge in [0, 0.05) is 36.7 Å². The second-order valence-electron chi connectivity index (χ2n) is 6.84. The summed E-state index contributed by atoms with van der Waals surface area (Å²) in [4.78, 5) is 11.2. The molecule has 0 N–H and O–H groups in total. The second-order valence-corrected chi connectivity index (χ2v) is 7.28. The van der Waals surface area contributed by atoms with Crippen molar-refractivity contribution in [3.63, 3.8) is 0 Å². The summed E-state index contributed by atoms with van der Waals surface area (Å²) in [5.41, 5.74) is 0.304. The average Bonchev–Trinajstić information content (AvgIpc) is 2.76. The minimum atomic E-state index is -4.61. The fraction of sp³-hybridized carbons (Fsp3) is 0.273. The third kappa shape index (κ3) is 5.38. The van der Waals surface area contributed by atoms with E-state index >= 15 is 0 Å². The lowest BCUT2D eigenvalue weighted by Gasteiger charge is -2.25. The number of benzene rings is 2. The number of aromatic nitrogens is 2. The molecule has 3 rings (SSSR count). The van der Waals surface area contributed by atoms with Crippen molar-refractivity contribution < 1.29 is 17.9 Å². The van der Waals surface area contributed by atoms with Gasteiger partial charge in [0.05, 0.1) is 6.61 Å². The molecule has 0 amide bonds. The number of alkyl halides is 3. The van der Waals surface area contributed by atoms with Gasteiger partial charge < -0.3 is 14.5 Å². The zero-order chi connectivity index (χ0) is 22.6. The maximum absolute atomic E-state index is 13.7. The van der Waals surface area contributed by atoms with Crippen molar-refractivity contribution in [2.24, 2.45) is 0 Å². The zero-order valence-corrected chi connectivity index (χ0v) is 18.1. The largest absolute Gasteiger partial charge is 0.494 e. The Morgan fingerprint density at radius 1 is 0.935 bits per heavy atom. The molecule has 0 aliphatic rings. The molecular weight excluding hydrogens is 429 g/mol. The van der Waals surface area contributed by atoms with Crippen molar-refractivity contribution in [2.75, 3.05) is 30.5 Å². The number of anilines is 4. The molecule has 9 heteroatoms. The van der Waals surface area contributed by atoms with Gasteiger partial charge in [-0.2, -0.15) is 18.2 Å². The van der Waals surface area contributed by atoms with E-state index in [1.165, 1.54) is 11.9 Å². The third-order valence-corrected chi connectivity index (χ3v) is 4.84. The van der Waals surface area contributed by atoms with E-state index in [1.807, 2.05) is 6.92 Å². The van der Waals surface area contributed by atoms with E-state index in [4.69, 9.17) is 16.3 Å². The summed E-state index contributed by atoms with van der Waals surface area (Å²) in [6.45, 7) is 2.56. The number of nitrogens with zero attached hydrogens (tertiary/aromatic N) is 4. The molecule has 0 bridgehead atoms. The van der Waals surface area contributed by atoms with Gasteiger partial charge in [0.25, 0.3) is 0 Å². The van der Waals surface area contributed by atoms with Crippen LogP contribution in [-0.2, 0) is 6.18 Å². The van der Waals surface area contributed by atoms with E-state index in [0.29, 0.717) is 28.8 Å². The van der Waals surface area contributed by atoms with E-state index in [-0.39, 0.29) is 11.8 Å². The molecule has 1 aromatic heterocycles. The molecule has 0 radical (unpaired) electrons. The molecule has 0 unspecified atom stereocenters. The molecule has 2 aromatic carbocycles. The molecule has 0 saturated heterocycles. The molecule has 164 valence electrons. The van der Waals surface area contributed by atoms with Gasteiger partial charge in [0.15, 0.2) is 5.82 Å². The number of ether oxygens (including phenoxy) is 1. The summed E-state index contributed by atoms with van der Waals surface area (Å²) >= 11 is 5.92. The lowest BCUT2D eigenvalue weighted by Crippen LogP contribution is -2.21. The van der Waals surface area contributed by atoms with E-state index in [9.17, 15) is 13.2 Å². The molecule has 0 aliphatic heterocycles. The van der Waals surface area contributed by atoms with E-state index in [1.54, 1.807) is 60.5 Å². The van der Waals surface area contributed by atoms with Crippen LogP contribution in [-0.4, -0.2) is 30.7 Å². The highest BCUT2D eigenvalue weighted by Crippen LogP contribution is 2.38. The van der Waals surface area contributed by atoms with Crippen LogP contribution in [0.5, 0.6) is 5.75 Å². The van der Waals surface area contributed by atoms with Gasteiger partial charge in [0.1, 0.15) is 11.3 Å². The molecule has 0 saturated carbocycles. The van der Waals surface area contributed by atoms with Gasteiger partial charge in [-0.3, -0.25) is 0 Å². The van der Waals surface area contributed by atoms with Gasteiger partial charge in [0.2, 0.25) is 5.95 Å². The van der Waals surface area contributed by atoms with Crippen LogP contribution in [0.15, 0.2) is 54.7 Å². The first-order chi connectivity index (χ1) is 14.7. The molecule has 0 spiro atoms. The summed E-state index contributed by atoms with van der Waals surface area (Å²) < 4.78 is 46.6. The van der Waals surface area contributed by atoms with Crippen LogP contribution in [0.4, 0.5) is 36.3 Å². The number of hydrogen-bond acceptors (Lipinski definition) is 5. The predicted molar refractivity (Wildman–Crippen MR) is 117 cm³/mol. The van der Waals surface area contributed by atoms with Crippen molar-refractivity contribution in [3.05, 3.63) is 65.3 Å². The van der Waals surface area contributed by atoms with Crippen molar-refractivity contribution in [3.8, 4) is 5.75 Å². The lowest BCUT2D eigenvalue weighted by atomic mass is 10.2. The van der Waals surface area contributed by atoms with Crippen LogP contribution in [0.1, 0.15) is 18.9 Å². The lowest BCUT2D eigenvalue weighted by molar-refractivity contribution is -0.137. The van der Waals surface area contributed by atoms with Crippen LogP contribution in [0.2, 0.25) is 5.02 Å². The highest BCUT2D eigenvalue weighted by atomic mass is 35.5. The number of halogens is 4. The maximum atomic E-state index is 13.7. The summed E-state index contributed by atoms with van der Waals surface area (Å²) in [6.07, 6.45) is -2.94. The Labute approximate surface area is 184 Å². The summed E-state index contributed by atoms with van der Waals surface area (Å²) in [7, 11) is 3.21. The normalized spacial score (nSPS) is 11.3. The Kier molecular flexibility index (Phi) is 6.90. The van der Waals surface area contributed by atoms with Crippen molar-refractivity contribution in [2.45, 2.75) is 19.5 Å². The SMILES string of the molecule is CCCOc1ccc(N(C)c2nc(N(C)c3ccc(Cl)cc3)ncc2C(F)(F)F)cc1. The predicted octanol–water partition coefficient (Wildman–Crippen LogP) is 6.47. The van der Waals surface area contributed by atoms with E-state index < -0.39 is 11.7 Å². The Balaban J connectivity index is 1.98. The topological polar surface area (TPSA) is 41.5 Å². The van der Waals surface area contributed by atoms with Crippen LogP contribution in [0.25, 0.3) is 0 Å². The van der Waals surface area contributed by atoms with Crippen LogP contribution < -0.4 is 14.5 Å². The molecule has 0 atom stereocenters. The zero-order valence-electron chi connectivity index (χ0n) is 17.3. The van der Waals surface area contributed by atoms with Gasteiger partial charge in [-0.15, -0.1) is 0 Å². The number of rotatable bonds is 7. The van der Waals surface area contributed by atoms with Gasteiger partial charge in [-0.25, -0.2) is 4.98 Å². The Morgan fingerprint density at radius 3 is 2.10 bits per heavy atom. The quantitative estimate of drug-likeness (QED) is 0.412. The van der Waals surface area contributed by atoms with Crippen LogP contribution >= 0.6 is 11.6 Å². The van der Waals surface area contributed by atoms with Crippen LogP contribution in [0.3, 0.4) is 0 Å². The van der Waals surface area contributed by atoms with Crippen LogP contribution in [0, 0.1) is 0 Å². The molecule has 1 heterocycles. The molecule has 5 nitrogen and oxygen atoms in total. The van der Waals surface area contributed by atoms with E-state index in [2.05, 4.69) is 9.97 Å². The molecule has 0 aliphatic carbocycles. The minimum absolute atomic E-state index is 0.125. The fourth-order valence-corrected chi connectivity index (χ4v) is 3.00. The average molecular weight is 451 g/mol. The highest BCUT2D eigenvalue weighted by Gasteiger charge is 2.37. The molecule has 3 aromatic rings. The first-order valence-electron chi connectivity index (χ1n) is 9.61. The van der Waals surface area contributed by atoms with Gasteiger partial charge >= 0.3 is 6.18 Å².